The summed E-state index contributed by atoms with van der Waals surface area (Å²) in [5, 5.41) is 6.27. The van der Waals surface area contributed by atoms with Gasteiger partial charge in [-0.05, 0) is 50.6 Å². The Bertz CT molecular complexity index is 481. The minimum Gasteiger partial charge on any atom is -0.384 e. The third kappa shape index (κ3) is 3.80. The van der Waals surface area contributed by atoms with Crippen molar-refractivity contribution in [3.05, 3.63) is 35.6 Å². The molecule has 0 radical (unpaired) electrons. The van der Waals surface area contributed by atoms with Crippen molar-refractivity contribution in [3.63, 3.8) is 0 Å². The third-order valence-electron chi connectivity index (χ3n) is 4.16. The lowest BCUT2D eigenvalue weighted by Crippen LogP contribution is -2.50. The number of methoxy groups -OCH3 is 1. The molecule has 0 unspecified atom stereocenters. The molecule has 1 aliphatic rings. The Morgan fingerprint density at radius 3 is 2.81 bits per heavy atom. The molecule has 5 heteroatoms. The van der Waals surface area contributed by atoms with Gasteiger partial charge in [-0.25, -0.2) is 4.39 Å². The maximum absolute atomic E-state index is 13.3. The minimum atomic E-state index is -0.485. The van der Waals surface area contributed by atoms with Crippen molar-refractivity contribution in [2.24, 2.45) is 5.41 Å². The Hall–Kier alpha value is -1.46. The van der Waals surface area contributed by atoms with E-state index in [1.807, 2.05) is 13.0 Å². The van der Waals surface area contributed by atoms with Crippen molar-refractivity contribution in [2.75, 3.05) is 26.8 Å². The van der Waals surface area contributed by atoms with Crippen LogP contribution in [0.2, 0.25) is 0 Å². The van der Waals surface area contributed by atoms with E-state index in [4.69, 9.17) is 4.74 Å². The van der Waals surface area contributed by atoms with E-state index in [2.05, 4.69) is 10.6 Å². The third-order valence-corrected chi connectivity index (χ3v) is 4.16. The van der Waals surface area contributed by atoms with Gasteiger partial charge in [0.1, 0.15) is 5.82 Å². The lowest BCUT2D eigenvalue weighted by molar-refractivity contribution is -0.136. The molecule has 2 rings (SSSR count). The van der Waals surface area contributed by atoms with Gasteiger partial charge in [0.15, 0.2) is 0 Å². The number of benzene rings is 1. The SMILES string of the molecule is COCC1(C(=O)N[C@H](C)c2cccc(F)c2)CCNCC1. The largest absolute Gasteiger partial charge is 0.384 e. The molecule has 0 aromatic heterocycles. The maximum Gasteiger partial charge on any atom is 0.229 e. The second kappa shape index (κ2) is 7.00. The maximum atomic E-state index is 13.3. The summed E-state index contributed by atoms with van der Waals surface area (Å²) in [6.07, 6.45) is 1.51. The average Bonchev–Trinajstić information content (AvgIpc) is 2.48. The van der Waals surface area contributed by atoms with Crippen molar-refractivity contribution in [1.29, 1.82) is 0 Å². The normalized spacial score (nSPS) is 19.0. The number of nitrogens with one attached hydrogen (secondary N) is 2. The highest BCUT2D eigenvalue weighted by molar-refractivity contribution is 5.83. The van der Waals surface area contributed by atoms with E-state index in [1.165, 1.54) is 12.1 Å². The fourth-order valence-corrected chi connectivity index (χ4v) is 2.83. The van der Waals surface area contributed by atoms with E-state index in [9.17, 15) is 9.18 Å². The van der Waals surface area contributed by atoms with Crippen LogP contribution in [0.1, 0.15) is 31.4 Å². The van der Waals surface area contributed by atoms with Gasteiger partial charge in [-0.2, -0.15) is 0 Å². The highest BCUT2D eigenvalue weighted by atomic mass is 19.1. The summed E-state index contributed by atoms with van der Waals surface area (Å²) in [6.45, 7) is 3.90. The second-order valence-electron chi connectivity index (χ2n) is 5.71. The van der Waals surface area contributed by atoms with Crippen LogP contribution in [0.4, 0.5) is 4.39 Å². The van der Waals surface area contributed by atoms with E-state index in [1.54, 1.807) is 13.2 Å². The Morgan fingerprint density at radius 1 is 1.48 bits per heavy atom. The summed E-state index contributed by atoms with van der Waals surface area (Å²) in [7, 11) is 1.62. The smallest absolute Gasteiger partial charge is 0.229 e. The van der Waals surface area contributed by atoms with Crippen molar-refractivity contribution in [3.8, 4) is 0 Å². The van der Waals surface area contributed by atoms with Crippen molar-refractivity contribution in [1.82, 2.24) is 10.6 Å². The van der Waals surface area contributed by atoms with Gasteiger partial charge >= 0.3 is 0 Å². The molecule has 1 heterocycles. The molecule has 0 bridgehead atoms. The van der Waals surface area contributed by atoms with Crippen LogP contribution in [0, 0.1) is 11.2 Å². The summed E-state index contributed by atoms with van der Waals surface area (Å²) in [5.41, 5.74) is 0.284. The molecule has 2 N–H and O–H groups in total. The first-order valence-electron chi connectivity index (χ1n) is 7.33. The van der Waals surface area contributed by atoms with Crippen LogP contribution in [0.5, 0.6) is 0 Å². The highest BCUT2D eigenvalue weighted by Crippen LogP contribution is 2.30. The van der Waals surface area contributed by atoms with E-state index in [0.29, 0.717) is 6.61 Å². The quantitative estimate of drug-likeness (QED) is 0.873. The zero-order valence-corrected chi connectivity index (χ0v) is 12.6. The molecule has 1 atom stereocenters. The van der Waals surface area contributed by atoms with E-state index in [0.717, 1.165) is 31.5 Å². The predicted octanol–water partition coefficient (Wildman–Crippen LogP) is 2.02. The first-order chi connectivity index (χ1) is 10.1. The Balaban J connectivity index is 2.07. The van der Waals surface area contributed by atoms with Gasteiger partial charge in [0, 0.05) is 7.11 Å². The fraction of sp³-hybridized carbons (Fsp3) is 0.562. The van der Waals surface area contributed by atoms with Crippen LogP contribution in [0.3, 0.4) is 0 Å². The van der Waals surface area contributed by atoms with Gasteiger partial charge in [-0.15, -0.1) is 0 Å². The Morgan fingerprint density at radius 2 is 2.19 bits per heavy atom. The molecule has 0 spiro atoms. The zero-order valence-electron chi connectivity index (χ0n) is 12.6. The molecule has 1 aromatic carbocycles. The summed E-state index contributed by atoms with van der Waals surface area (Å²) in [4.78, 5) is 12.7. The molecule has 116 valence electrons. The molecule has 4 nitrogen and oxygen atoms in total. The van der Waals surface area contributed by atoms with Crippen LogP contribution in [-0.2, 0) is 9.53 Å². The van der Waals surface area contributed by atoms with Gasteiger partial charge in [0.05, 0.1) is 18.1 Å². The molecule has 1 saturated heterocycles. The van der Waals surface area contributed by atoms with E-state index >= 15 is 0 Å². The van der Waals surface area contributed by atoms with E-state index < -0.39 is 5.41 Å². The number of halogens is 1. The number of hydrogen-bond donors (Lipinski definition) is 2. The summed E-state index contributed by atoms with van der Waals surface area (Å²) >= 11 is 0. The lowest BCUT2D eigenvalue weighted by atomic mass is 9.78. The lowest BCUT2D eigenvalue weighted by Gasteiger charge is -2.36. The predicted molar refractivity (Wildman–Crippen MR) is 79.4 cm³/mol. The average molecular weight is 294 g/mol. The highest BCUT2D eigenvalue weighted by Gasteiger charge is 2.40. The molecule has 1 amide bonds. The number of carbonyl (C=O) groups excluding carboxylic acids is 1. The number of carbonyl (C=O) groups is 1. The topological polar surface area (TPSA) is 50.4 Å². The molecular formula is C16H23FN2O2. The number of ether oxygens (including phenoxy) is 1. The summed E-state index contributed by atoms with van der Waals surface area (Å²) < 4.78 is 18.5. The zero-order chi connectivity index (χ0) is 15.3. The standard InChI is InChI=1S/C16H23FN2O2/c1-12(13-4-3-5-14(17)10-13)19-15(20)16(11-21-2)6-8-18-9-7-16/h3-5,10,12,18H,6-9,11H2,1-2H3,(H,19,20)/t12-/m1/s1. The van der Waals surface area contributed by atoms with Crippen LogP contribution in [-0.4, -0.2) is 32.7 Å². The number of piperidine rings is 1. The minimum absolute atomic E-state index is 0.0115. The van der Waals surface area contributed by atoms with Crippen molar-refractivity contribution in [2.45, 2.75) is 25.8 Å². The van der Waals surface area contributed by atoms with Crippen LogP contribution in [0.25, 0.3) is 0 Å². The molecule has 1 aromatic rings. The van der Waals surface area contributed by atoms with E-state index in [-0.39, 0.29) is 17.8 Å². The second-order valence-corrected chi connectivity index (χ2v) is 5.71. The van der Waals surface area contributed by atoms with Gasteiger partial charge in [0.2, 0.25) is 5.91 Å². The number of hydrogen-bond acceptors (Lipinski definition) is 3. The van der Waals surface area contributed by atoms with Crippen molar-refractivity contribution < 1.29 is 13.9 Å². The van der Waals surface area contributed by atoms with Gasteiger partial charge in [0.25, 0.3) is 0 Å². The number of amides is 1. The first kappa shape index (κ1) is 15.9. The first-order valence-corrected chi connectivity index (χ1v) is 7.33. The fourth-order valence-electron chi connectivity index (χ4n) is 2.83. The molecule has 0 aliphatic carbocycles. The van der Waals surface area contributed by atoms with Crippen LogP contribution >= 0.6 is 0 Å². The number of rotatable bonds is 5. The van der Waals surface area contributed by atoms with Crippen LogP contribution in [0.15, 0.2) is 24.3 Å². The molecule has 0 saturated carbocycles. The van der Waals surface area contributed by atoms with Crippen LogP contribution < -0.4 is 10.6 Å². The van der Waals surface area contributed by atoms with Gasteiger partial charge < -0.3 is 15.4 Å². The van der Waals surface area contributed by atoms with Gasteiger partial charge in [-0.1, -0.05) is 12.1 Å². The molecular weight excluding hydrogens is 271 g/mol. The molecule has 1 fully saturated rings. The molecule has 21 heavy (non-hydrogen) atoms. The van der Waals surface area contributed by atoms with Gasteiger partial charge in [-0.3, -0.25) is 4.79 Å². The molecule has 1 aliphatic heterocycles. The Labute approximate surface area is 125 Å². The monoisotopic (exact) mass is 294 g/mol. The van der Waals surface area contributed by atoms with Crippen molar-refractivity contribution >= 4 is 5.91 Å². The Kier molecular flexibility index (Phi) is 5.31. The summed E-state index contributed by atoms with van der Waals surface area (Å²) in [6, 6.07) is 6.10. The summed E-state index contributed by atoms with van der Waals surface area (Å²) in [5.74, 6) is -0.301.